The Morgan fingerprint density at radius 1 is 1.75 bits per heavy atom. The second kappa shape index (κ2) is 4.95. The molecular weight excluding hydrogens is 160 g/mol. The van der Waals surface area contributed by atoms with E-state index in [1.807, 2.05) is 0 Å². The number of carbonyl (C=O) groups excluding carboxylic acids is 1. The second-order valence-corrected chi connectivity index (χ2v) is 2.75. The fourth-order valence-corrected chi connectivity index (χ4v) is 1.24. The molecule has 0 aromatic heterocycles. The number of carbonyl (C=O) groups is 1. The number of rotatable bonds is 2. The molecule has 1 unspecified atom stereocenters. The summed E-state index contributed by atoms with van der Waals surface area (Å²) >= 11 is 0. The predicted octanol–water partition coefficient (Wildman–Crippen LogP) is -0.586. The number of hydrogen-bond donors (Lipinski definition) is 3. The van der Waals surface area contributed by atoms with Gasteiger partial charge in [-0.1, -0.05) is 0 Å². The minimum absolute atomic E-state index is 0.137. The highest BCUT2D eigenvalue weighted by molar-refractivity contribution is 5.67. The van der Waals surface area contributed by atoms with Crippen LogP contribution in [0.15, 0.2) is 0 Å². The van der Waals surface area contributed by atoms with Crippen molar-refractivity contribution < 1.29 is 14.6 Å². The molecule has 0 bridgehead atoms. The first-order valence-corrected chi connectivity index (χ1v) is 4.08. The standard InChI is InChI=1S/C7H14N2O3/c10-5-12-7(11)9-6-2-1-3-8-4-6/h6,8,10H,1-5H2,(H,9,11). The molecule has 0 aliphatic carbocycles. The number of aliphatic hydroxyl groups excluding tert-OH is 1. The van der Waals surface area contributed by atoms with Gasteiger partial charge in [-0.3, -0.25) is 0 Å². The van der Waals surface area contributed by atoms with Crippen molar-refractivity contribution in [3.05, 3.63) is 0 Å². The van der Waals surface area contributed by atoms with E-state index < -0.39 is 12.9 Å². The lowest BCUT2D eigenvalue weighted by molar-refractivity contribution is 0.0421. The molecule has 1 aliphatic heterocycles. The molecule has 0 aromatic rings. The molecule has 1 rings (SSSR count). The van der Waals surface area contributed by atoms with E-state index in [0.29, 0.717) is 0 Å². The number of piperidine rings is 1. The zero-order valence-corrected chi connectivity index (χ0v) is 6.88. The average molecular weight is 174 g/mol. The first-order valence-electron chi connectivity index (χ1n) is 4.08. The van der Waals surface area contributed by atoms with Crippen LogP contribution in [0.3, 0.4) is 0 Å². The number of amides is 1. The second-order valence-electron chi connectivity index (χ2n) is 2.75. The van der Waals surface area contributed by atoms with Gasteiger partial charge >= 0.3 is 6.09 Å². The summed E-state index contributed by atoms with van der Waals surface area (Å²) in [6.45, 7) is 1.22. The van der Waals surface area contributed by atoms with Crippen LogP contribution in [0.2, 0.25) is 0 Å². The summed E-state index contributed by atoms with van der Waals surface area (Å²) in [4.78, 5) is 10.8. The number of ether oxygens (including phenoxy) is 1. The summed E-state index contributed by atoms with van der Waals surface area (Å²) < 4.78 is 4.32. The van der Waals surface area contributed by atoms with Gasteiger partial charge in [-0.15, -0.1) is 0 Å². The van der Waals surface area contributed by atoms with E-state index in [1.54, 1.807) is 0 Å². The highest BCUT2D eigenvalue weighted by Crippen LogP contribution is 2.00. The van der Waals surface area contributed by atoms with Crippen molar-refractivity contribution in [2.75, 3.05) is 19.9 Å². The van der Waals surface area contributed by atoms with Crippen LogP contribution in [0.1, 0.15) is 12.8 Å². The Morgan fingerprint density at radius 3 is 3.17 bits per heavy atom. The zero-order chi connectivity index (χ0) is 8.81. The van der Waals surface area contributed by atoms with Crippen LogP contribution in [0.5, 0.6) is 0 Å². The van der Waals surface area contributed by atoms with Gasteiger partial charge in [-0.2, -0.15) is 0 Å². The van der Waals surface area contributed by atoms with Crippen molar-refractivity contribution in [3.8, 4) is 0 Å². The van der Waals surface area contributed by atoms with Crippen LogP contribution < -0.4 is 10.6 Å². The number of nitrogens with one attached hydrogen (secondary N) is 2. The van der Waals surface area contributed by atoms with E-state index in [1.165, 1.54) is 0 Å². The van der Waals surface area contributed by atoms with Crippen molar-refractivity contribution in [1.29, 1.82) is 0 Å². The lowest BCUT2D eigenvalue weighted by atomic mass is 10.1. The Morgan fingerprint density at radius 2 is 2.58 bits per heavy atom. The van der Waals surface area contributed by atoms with Gasteiger partial charge < -0.3 is 20.5 Å². The Hall–Kier alpha value is -0.810. The molecule has 3 N–H and O–H groups in total. The lowest BCUT2D eigenvalue weighted by Gasteiger charge is -2.22. The maximum absolute atomic E-state index is 10.8. The molecule has 1 saturated heterocycles. The quantitative estimate of drug-likeness (QED) is 0.489. The van der Waals surface area contributed by atoms with Gasteiger partial charge in [-0.05, 0) is 19.4 Å². The maximum atomic E-state index is 10.8. The van der Waals surface area contributed by atoms with E-state index in [0.717, 1.165) is 25.9 Å². The van der Waals surface area contributed by atoms with Gasteiger partial charge in [0.15, 0.2) is 6.79 Å². The topological polar surface area (TPSA) is 70.6 Å². The molecule has 0 spiro atoms. The molecule has 0 saturated carbocycles. The zero-order valence-electron chi connectivity index (χ0n) is 6.88. The van der Waals surface area contributed by atoms with Crippen LogP contribution >= 0.6 is 0 Å². The molecule has 5 nitrogen and oxygen atoms in total. The summed E-state index contributed by atoms with van der Waals surface area (Å²) in [5.41, 5.74) is 0. The van der Waals surface area contributed by atoms with Crippen molar-refractivity contribution in [1.82, 2.24) is 10.6 Å². The van der Waals surface area contributed by atoms with Gasteiger partial charge in [0.25, 0.3) is 0 Å². The Kier molecular flexibility index (Phi) is 3.83. The Balaban J connectivity index is 2.15. The van der Waals surface area contributed by atoms with Gasteiger partial charge in [0.1, 0.15) is 0 Å². The highest BCUT2D eigenvalue weighted by atomic mass is 16.6. The first kappa shape index (κ1) is 9.28. The summed E-state index contributed by atoms with van der Waals surface area (Å²) in [6.07, 6.45) is 1.48. The lowest BCUT2D eigenvalue weighted by Crippen LogP contribution is -2.45. The molecule has 5 heteroatoms. The molecule has 1 heterocycles. The fraction of sp³-hybridized carbons (Fsp3) is 0.857. The van der Waals surface area contributed by atoms with E-state index >= 15 is 0 Å². The Labute approximate surface area is 71.1 Å². The van der Waals surface area contributed by atoms with E-state index in [9.17, 15) is 4.79 Å². The molecule has 70 valence electrons. The average Bonchev–Trinajstić information content (AvgIpc) is 2.06. The minimum Gasteiger partial charge on any atom is -0.423 e. The molecule has 0 radical (unpaired) electrons. The van der Waals surface area contributed by atoms with Crippen molar-refractivity contribution in [2.45, 2.75) is 18.9 Å². The SMILES string of the molecule is O=C(NC1CCCNC1)OCO. The summed E-state index contributed by atoms with van der Waals surface area (Å²) in [5.74, 6) is 0. The smallest absolute Gasteiger partial charge is 0.409 e. The highest BCUT2D eigenvalue weighted by Gasteiger charge is 2.15. The predicted molar refractivity (Wildman–Crippen MR) is 42.6 cm³/mol. The van der Waals surface area contributed by atoms with Crippen LogP contribution in [-0.2, 0) is 4.74 Å². The molecule has 1 aliphatic rings. The number of aliphatic hydroxyl groups is 1. The van der Waals surface area contributed by atoms with Gasteiger partial charge in [0.2, 0.25) is 0 Å². The fourth-order valence-electron chi connectivity index (χ4n) is 1.24. The number of hydrogen-bond acceptors (Lipinski definition) is 4. The first-order chi connectivity index (χ1) is 5.83. The third-order valence-electron chi connectivity index (χ3n) is 1.81. The van der Waals surface area contributed by atoms with Crippen LogP contribution in [0.25, 0.3) is 0 Å². The number of alkyl carbamates (subject to hydrolysis) is 1. The molecule has 1 fully saturated rings. The summed E-state index contributed by atoms with van der Waals surface area (Å²) in [6, 6.07) is 0.137. The monoisotopic (exact) mass is 174 g/mol. The molecule has 1 atom stereocenters. The van der Waals surface area contributed by atoms with Crippen molar-refractivity contribution in [2.24, 2.45) is 0 Å². The molecule has 0 aromatic carbocycles. The maximum Gasteiger partial charge on any atom is 0.409 e. The molecular formula is C7H14N2O3. The molecule has 12 heavy (non-hydrogen) atoms. The largest absolute Gasteiger partial charge is 0.423 e. The van der Waals surface area contributed by atoms with Crippen LogP contribution in [0, 0.1) is 0 Å². The molecule has 1 amide bonds. The van der Waals surface area contributed by atoms with E-state index in [-0.39, 0.29) is 6.04 Å². The Bertz CT molecular complexity index is 146. The van der Waals surface area contributed by atoms with Crippen LogP contribution in [-0.4, -0.2) is 37.1 Å². The summed E-state index contributed by atoms with van der Waals surface area (Å²) in [5, 5.41) is 14.1. The van der Waals surface area contributed by atoms with Gasteiger partial charge in [0, 0.05) is 12.6 Å². The third-order valence-corrected chi connectivity index (χ3v) is 1.81. The van der Waals surface area contributed by atoms with Crippen LogP contribution in [0.4, 0.5) is 4.79 Å². The van der Waals surface area contributed by atoms with Crippen molar-refractivity contribution in [3.63, 3.8) is 0 Å². The van der Waals surface area contributed by atoms with E-state index in [2.05, 4.69) is 15.4 Å². The van der Waals surface area contributed by atoms with Crippen molar-refractivity contribution >= 4 is 6.09 Å². The van der Waals surface area contributed by atoms with Gasteiger partial charge in [0.05, 0.1) is 0 Å². The van der Waals surface area contributed by atoms with Gasteiger partial charge in [-0.25, -0.2) is 4.79 Å². The third kappa shape index (κ3) is 3.06. The summed E-state index contributed by atoms with van der Waals surface area (Å²) in [7, 11) is 0. The van der Waals surface area contributed by atoms with E-state index in [4.69, 9.17) is 5.11 Å². The normalized spacial score (nSPS) is 23.2. The minimum atomic E-state index is -0.564.